The number of piperidine rings is 1. The molecule has 0 aliphatic carbocycles. The minimum absolute atomic E-state index is 0.0386. The van der Waals surface area contributed by atoms with E-state index in [0.717, 1.165) is 28.5 Å². The lowest BCUT2D eigenvalue weighted by Gasteiger charge is -2.26. The molecular weight excluding hydrogens is 571 g/mol. The standard InChI is InChI=1S/C28H33N3O6S3/c1-3-37-27-10-6-5-9-26(27)31(40(35,36)25-17-13-23(38-2)14-18-25)21-28(32)29-22-11-15-24(16-12-22)39(33,34)30-19-7-4-8-20-30/h5-6,9-18H,3-4,7-8,19-21H2,1-2H3,(H,29,32). The molecule has 0 spiro atoms. The van der Waals surface area contributed by atoms with E-state index in [9.17, 15) is 21.6 Å². The fourth-order valence-corrected chi connectivity index (χ4v) is 7.77. The Bertz CT molecular complexity index is 1520. The Hall–Kier alpha value is -3.06. The molecule has 9 nitrogen and oxygen atoms in total. The molecule has 0 radical (unpaired) electrons. The molecule has 1 aliphatic rings. The lowest BCUT2D eigenvalue weighted by atomic mass is 10.2. The number of amides is 1. The highest BCUT2D eigenvalue weighted by Gasteiger charge is 2.30. The lowest BCUT2D eigenvalue weighted by Crippen LogP contribution is -2.38. The average Bonchev–Trinajstić information content (AvgIpc) is 2.97. The van der Waals surface area contributed by atoms with Crippen LogP contribution >= 0.6 is 11.8 Å². The quantitative estimate of drug-likeness (QED) is 0.313. The van der Waals surface area contributed by atoms with Gasteiger partial charge in [0.25, 0.3) is 10.0 Å². The minimum atomic E-state index is -4.15. The Labute approximate surface area is 240 Å². The van der Waals surface area contributed by atoms with Crippen molar-refractivity contribution in [3.8, 4) is 5.75 Å². The van der Waals surface area contributed by atoms with E-state index in [2.05, 4.69) is 5.32 Å². The summed E-state index contributed by atoms with van der Waals surface area (Å²) in [5, 5.41) is 2.70. The lowest BCUT2D eigenvalue weighted by molar-refractivity contribution is -0.114. The highest BCUT2D eigenvalue weighted by atomic mass is 32.2. The van der Waals surface area contributed by atoms with Crippen LogP contribution in [0.4, 0.5) is 11.4 Å². The number of nitrogens with one attached hydrogen (secondary N) is 1. The third kappa shape index (κ3) is 6.80. The summed E-state index contributed by atoms with van der Waals surface area (Å²) in [6.07, 6.45) is 4.58. The highest BCUT2D eigenvalue weighted by molar-refractivity contribution is 7.98. The summed E-state index contributed by atoms with van der Waals surface area (Å²) in [6, 6.07) is 19.0. The van der Waals surface area contributed by atoms with Crippen LogP contribution in [0, 0.1) is 0 Å². The molecule has 1 amide bonds. The summed E-state index contributed by atoms with van der Waals surface area (Å²) in [5.74, 6) is -0.267. The largest absolute Gasteiger partial charge is 0.492 e. The van der Waals surface area contributed by atoms with E-state index in [-0.39, 0.29) is 15.5 Å². The Morgan fingerprint density at radius 1 is 0.900 bits per heavy atom. The predicted molar refractivity (Wildman–Crippen MR) is 158 cm³/mol. The van der Waals surface area contributed by atoms with Crippen molar-refractivity contribution in [1.82, 2.24) is 4.31 Å². The molecule has 1 fully saturated rings. The Morgan fingerprint density at radius 2 is 1.52 bits per heavy atom. The summed E-state index contributed by atoms with van der Waals surface area (Å²) >= 11 is 1.49. The van der Waals surface area contributed by atoms with Crippen LogP contribution in [-0.2, 0) is 24.8 Å². The number of carbonyl (C=O) groups is 1. The van der Waals surface area contributed by atoms with E-state index < -0.39 is 32.5 Å². The average molecular weight is 604 g/mol. The van der Waals surface area contributed by atoms with E-state index in [4.69, 9.17) is 4.74 Å². The fraction of sp³-hybridized carbons (Fsp3) is 0.321. The maximum Gasteiger partial charge on any atom is 0.264 e. The number of thioether (sulfide) groups is 1. The van der Waals surface area contributed by atoms with Crippen molar-refractivity contribution < 1.29 is 26.4 Å². The first-order chi connectivity index (χ1) is 19.2. The summed E-state index contributed by atoms with van der Waals surface area (Å²) < 4.78 is 61.7. The number of anilines is 2. The monoisotopic (exact) mass is 603 g/mol. The minimum Gasteiger partial charge on any atom is -0.492 e. The Kier molecular flexibility index (Phi) is 9.77. The van der Waals surface area contributed by atoms with Gasteiger partial charge < -0.3 is 10.1 Å². The van der Waals surface area contributed by atoms with Gasteiger partial charge in [0.05, 0.1) is 22.1 Å². The maximum atomic E-state index is 13.8. The molecule has 1 saturated heterocycles. The fourth-order valence-electron chi connectivity index (χ4n) is 4.41. The number of carbonyl (C=O) groups excluding carboxylic acids is 1. The van der Waals surface area contributed by atoms with Crippen molar-refractivity contribution in [2.24, 2.45) is 0 Å². The number of hydrogen-bond acceptors (Lipinski definition) is 7. The van der Waals surface area contributed by atoms with Gasteiger partial charge >= 0.3 is 0 Å². The zero-order valence-electron chi connectivity index (χ0n) is 22.4. The molecule has 1 heterocycles. The molecule has 3 aromatic rings. The first-order valence-corrected chi connectivity index (χ1v) is 17.1. The molecule has 4 rings (SSSR count). The molecule has 214 valence electrons. The van der Waals surface area contributed by atoms with Crippen molar-refractivity contribution in [2.45, 2.75) is 40.9 Å². The third-order valence-corrected chi connectivity index (χ3v) is 10.9. The molecule has 40 heavy (non-hydrogen) atoms. The Balaban J connectivity index is 1.58. The van der Waals surface area contributed by atoms with Crippen LogP contribution in [0.15, 0.2) is 87.5 Å². The van der Waals surface area contributed by atoms with E-state index >= 15 is 0 Å². The molecule has 1 N–H and O–H groups in total. The molecular formula is C28H33N3O6S3. The van der Waals surface area contributed by atoms with Gasteiger partial charge in [-0.3, -0.25) is 9.10 Å². The van der Waals surface area contributed by atoms with Gasteiger partial charge in [0.2, 0.25) is 15.9 Å². The van der Waals surface area contributed by atoms with Crippen LogP contribution in [0.5, 0.6) is 5.75 Å². The normalized spacial score (nSPS) is 14.4. The van der Waals surface area contributed by atoms with Gasteiger partial charge in [-0.15, -0.1) is 11.8 Å². The van der Waals surface area contributed by atoms with Gasteiger partial charge in [0.15, 0.2) is 0 Å². The number of sulfonamides is 2. The van der Waals surface area contributed by atoms with Crippen LogP contribution in [0.1, 0.15) is 26.2 Å². The summed E-state index contributed by atoms with van der Waals surface area (Å²) in [4.78, 5) is 14.3. The van der Waals surface area contributed by atoms with Gasteiger partial charge in [-0.1, -0.05) is 18.6 Å². The number of para-hydroxylation sites is 2. The highest BCUT2D eigenvalue weighted by Crippen LogP contribution is 2.33. The van der Waals surface area contributed by atoms with Crippen LogP contribution in [-0.4, -0.2) is 59.5 Å². The van der Waals surface area contributed by atoms with Gasteiger partial charge in [-0.25, -0.2) is 16.8 Å². The van der Waals surface area contributed by atoms with Crippen LogP contribution in [0.2, 0.25) is 0 Å². The van der Waals surface area contributed by atoms with Crippen molar-refractivity contribution in [2.75, 3.05) is 42.1 Å². The van der Waals surface area contributed by atoms with Gasteiger partial charge in [0, 0.05) is 23.7 Å². The topological polar surface area (TPSA) is 113 Å². The molecule has 12 heteroatoms. The van der Waals surface area contributed by atoms with Gasteiger partial charge in [-0.2, -0.15) is 4.31 Å². The zero-order chi connectivity index (χ0) is 28.8. The van der Waals surface area contributed by atoms with Crippen LogP contribution in [0.3, 0.4) is 0 Å². The van der Waals surface area contributed by atoms with E-state index in [1.807, 2.05) is 6.26 Å². The SMILES string of the molecule is CCOc1ccccc1N(CC(=O)Nc1ccc(S(=O)(=O)N2CCCCC2)cc1)S(=O)(=O)c1ccc(SC)cc1. The van der Waals surface area contributed by atoms with Gasteiger partial charge in [0.1, 0.15) is 12.3 Å². The number of rotatable bonds is 11. The second-order valence-corrected chi connectivity index (χ2v) is 13.8. The first kappa shape index (κ1) is 29.9. The second kappa shape index (κ2) is 13.1. The van der Waals surface area contributed by atoms with Crippen LogP contribution in [0.25, 0.3) is 0 Å². The summed E-state index contributed by atoms with van der Waals surface area (Å²) in [7, 11) is -7.76. The van der Waals surface area contributed by atoms with E-state index in [0.29, 0.717) is 31.1 Å². The molecule has 0 unspecified atom stereocenters. The number of nitrogens with zero attached hydrogens (tertiary/aromatic N) is 2. The Morgan fingerprint density at radius 3 is 2.15 bits per heavy atom. The second-order valence-electron chi connectivity index (χ2n) is 9.13. The number of hydrogen-bond donors (Lipinski definition) is 1. The molecule has 0 aromatic heterocycles. The van der Waals surface area contributed by atoms with Crippen molar-refractivity contribution >= 4 is 49.1 Å². The molecule has 3 aromatic carbocycles. The zero-order valence-corrected chi connectivity index (χ0v) is 24.9. The molecule has 0 bridgehead atoms. The van der Waals surface area contributed by atoms with Crippen LogP contribution < -0.4 is 14.4 Å². The summed E-state index contributed by atoms with van der Waals surface area (Å²) in [5.41, 5.74) is 0.582. The number of benzene rings is 3. The molecule has 0 atom stereocenters. The smallest absolute Gasteiger partial charge is 0.264 e. The number of ether oxygens (including phenoxy) is 1. The van der Waals surface area contributed by atoms with Crippen molar-refractivity contribution in [3.63, 3.8) is 0 Å². The molecule has 0 saturated carbocycles. The van der Waals surface area contributed by atoms with Crippen molar-refractivity contribution in [3.05, 3.63) is 72.8 Å². The van der Waals surface area contributed by atoms with E-state index in [1.54, 1.807) is 43.3 Å². The maximum absolute atomic E-state index is 13.8. The van der Waals surface area contributed by atoms with Gasteiger partial charge in [-0.05, 0) is 86.7 Å². The van der Waals surface area contributed by atoms with Crippen molar-refractivity contribution in [1.29, 1.82) is 0 Å². The third-order valence-electron chi connectivity index (χ3n) is 6.46. The molecule has 1 aliphatic heterocycles. The first-order valence-electron chi connectivity index (χ1n) is 13.0. The van der Waals surface area contributed by atoms with E-state index in [1.165, 1.54) is 52.5 Å². The predicted octanol–water partition coefficient (Wildman–Crippen LogP) is 4.82. The summed E-state index contributed by atoms with van der Waals surface area (Å²) in [6.45, 7) is 2.57.